The smallest absolute Gasteiger partial charge is 0.262 e. The Kier molecular flexibility index (Phi) is 6.20. The van der Waals surface area contributed by atoms with Crippen molar-refractivity contribution in [3.63, 3.8) is 0 Å². The average Bonchev–Trinajstić information content (AvgIpc) is 3.22. The molecule has 0 saturated carbocycles. The second-order valence-electron chi connectivity index (χ2n) is 5.82. The number of nitrogens with one attached hydrogen (secondary N) is 2. The van der Waals surface area contributed by atoms with Crippen LogP contribution >= 0.6 is 11.3 Å². The minimum absolute atomic E-state index is 0.0197. The van der Waals surface area contributed by atoms with Crippen LogP contribution in [0.5, 0.6) is 11.5 Å². The molecule has 3 rings (SSSR count). The van der Waals surface area contributed by atoms with Gasteiger partial charge in [0.1, 0.15) is 11.5 Å². The molecule has 0 unspecified atom stereocenters. The van der Waals surface area contributed by atoms with Gasteiger partial charge in [0.25, 0.3) is 10.0 Å². The van der Waals surface area contributed by atoms with Crippen LogP contribution in [0.4, 0.5) is 11.4 Å². The zero-order valence-corrected chi connectivity index (χ0v) is 17.0. The Morgan fingerprint density at radius 1 is 1.10 bits per heavy atom. The molecule has 3 N–H and O–H groups in total. The van der Waals surface area contributed by atoms with Crippen LogP contribution in [0.25, 0.3) is 6.08 Å². The first kappa shape index (κ1) is 20.4. The van der Waals surface area contributed by atoms with Crippen LogP contribution in [-0.2, 0) is 14.8 Å². The van der Waals surface area contributed by atoms with Crippen LogP contribution in [0.15, 0.2) is 70.9 Å². The Balaban J connectivity index is 1.81. The van der Waals surface area contributed by atoms with Crippen molar-refractivity contribution in [1.82, 2.24) is 0 Å². The van der Waals surface area contributed by atoms with E-state index in [-0.39, 0.29) is 22.0 Å². The van der Waals surface area contributed by atoms with E-state index < -0.39 is 15.9 Å². The number of phenolic OH excluding ortho intramolecular Hbond substituents is 1. The Hall–Kier alpha value is -3.30. The molecule has 0 spiro atoms. The summed E-state index contributed by atoms with van der Waals surface area (Å²) in [4.78, 5) is 12.9. The fraction of sp³-hybridized carbons (Fsp3) is 0.0500. The maximum atomic E-state index is 12.7. The third-order valence-corrected chi connectivity index (χ3v) is 6.03. The summed E-state index contributed by atoms with van der Waals surface area (Å²) in [5.41, 5.74) is 0.251. The first-order valence-electron chi connectivity index (χ1n) is 8.40. The quantitative estimate of drug-likeness (QED) is 0.389. The fourth-order valence-electron chi connectivity index (χ4n) is 2.43. The number of hydrogen-bond donors (Lipinski definition) is 3. The number of hydrogen-bond acceptors (Lipinski definition) is 6. The molecule has 7 nitrogen and oxygen atoms in total. The second kappa shape index (κ2) is 8.80. The number of rotatable bonds is 7. The highest BCUT2D eigenvalue weighted by atomic mass is 32.2. The molecule has 0 aliphatic carbocycles. The highest BCUT2D eigenvalue weighted by molar-refractivity contribution is 7.92. The molecule has 0 saturated heterocycles. The van der Waals surface area contributed by atoms with Gasteiger partial charge in [0.15, 0.2) is 0 Å². The van der Waals surface area contributed by atoms with Gasteiger partial charge in [-0.05, 0) is 47.9 Å². The van der Waals surface area contributed by atoms with E-state index in [0.717, 1.165) is 4.88 Å². The van der Waals surface area contributed by atoms with Gasteiger partial charge in [0, 0.05) is 11.0 Å². The molecule has 29 heavy (non-hydrogen) atoms. The lowest BCUT2D eigenvalue weighted by atomic mass is 10.3. The number of carbonyl (C=O) groups excluding carboxylic acids is 1. The number of para-hydroxylation sites is 2. The van der Waals surface area contributed by atoms with Gasteiger partial charge >= 0.3 is 0 Å². The van der Waals surface area contributed by atoms with Crippen molar-refractivity contribution in [2.24, 2.45) is 0 Å². The zero-order valence-electron chi connectivity index (χ0n) is 15.3. The molecule has 0 bridgehead atoms. The summed E-state index contributed by atoms with van der Waals surface area (Å²) >= 11 is 1.47. The third kappa shape index (κ3) is 5.15. The van der Waals surface area contributed by atoms with E-state index in [4.69, 9.17) is 4.74 Å². The van der Waals surface area contributed by atoms with Gasteiger partial charge in [-0.15, -0.1) is 11.3 Å². The highest BCUT2D eigenvalue weighted by Gasteiger charge is 2.18. The van der Waals surface area contributed by atoms with Crippen LogP contribution in [0, 0.1) is 0 Å². The molecule has 3 aromatic rings. The number of thiophene rings is 1. The maximum absolute atomic E-state index is 12.7. The SMILES string of the molecule is COc1ccccc1NS(=O)(=O)c1ccc(O)c(NC(=O)C=Cc2cccs2)c1. The van der Waals surface area contributed by atoms with Gasteiger partial charge in [0.05, 0.1) is 23.4 Å². The number of benzene rings is 2. The number of ether oxygens (including phenoxy) is 1. The average molecular weight is 431 g/mol. The molecule has 0 aliphatic heterocycles. The van der Waals surface area contributed by atoms with E-state index in [2.05, 4.69) is 10.0 Å². The van der Waals surface area contributed by atoms with Gasteiger partial charge in [-0.1, -0.05) is 18.2 Å². The third-order valence-electron chi connectivity index (χ3n) is 3.83. The fourth-order valence-corrected chi connectivity index (χ4v) is 4.15. The summed E-state index contributed by atoms with van der Waals surface area (Å²) in [6.45, 7) is 0. The van der Waals surface area contributed by atoms with Crippen molar-refractivity contribution in [1.29, 1.82) is 0 Å². The predicted octanol–water partition coefficient (Wildman–Crippen LogP) is 3.92. The summed E-state index contributed by atoms with van der Waals surface area (Å²) in [6.07, 6.45) is 2.93. The lowest BCUT2D eigenvalue weighted by Crippen LogP contribution is -2.14. The van der Waals surface area contributed by atoms with Crippen LogP contribution in [0.2, 0.25) is 0 Å². The molecule has 0 aliphatic rings. The number of aromatic hydroxyl groups is 1. The lowest BCUT2D eigenvalue weighted by Gasteiger charge is -2.13. The first-order valence-corrected chi connectivity index (χ1v) is 10.8. The van der Waals surface area contributed by atoms with Crippen LogP contribution in [0.1, 0.15) is 4.88 Å². The van der Waals surface area contributed by atoms with Gasteiger partial charge in [-0.3, -0.25) is 9.52 Å². The minimum Gasteiger partial charge on any atom is -0.506 e. The molecule has 1 aromatic heterocycles. The molecule has 150 valence electrons. The molecule has 1 amide bonds. The standard InChI is InChI=1S/C20H18N2O5S2/c1-27-19-7-3-2-6-16(19)22-29(25,26)15-9-10-18(23)17(13-15)21-20(24)11-8-14-5-4-12-28-14/h2-13,22-23H,1H3,(H,21,24). The van der Waals surface area contributed by atoms with E-state index in [1.165, 1.54) is 42.7 Å². The van der Waals surface area contributed by atoms with Gasteiger partial charge in [-0.25, -0.2) is 8.42 Å². The van der Waals surface area contributed by atoms with Gasteiger partial charge in [0.2, 0.25) is 5.91 Å². The summed E-state index contributed by atoms with van der Waals surface area (Å²) < 4.78 is 33.0. The Bertz CT molecular complexity index is 1140. The van der Waals surface area contributed by atoms with E-state index in [0.29, 0.717) is 5.75 Å². The Morgan fingerprint density at radius 2 is 1.90 bits per heavy atom. The number of amides is 1. The molecule has 0 fully saturated rings. The molecule has 9 heteroatoms. The van der Waals surface area contributed by atoms with E-state index in [1.54, 1.807) is 30.3 Å². The summed E-state index contributed by atoms with van der Waals surface area (Å²) in [5, 5.41) is 14.4. The van der Waals surface area contributed by atoms with Gasteiger partial charge < -0.3 is 15.2 Å². The monoisotopic (exact) mass is 430 g/mol. The van der Waals surface area contributed by atoms with Crippen molar-refractivity contribution in [3.8, 4) is 11.5 Å². The molecule has 0 radical (unpaired) electrons. The predicted molar refractivity (Wildman–Crippen MR) is 114 cm³/mol. The van der Waals surface area contributed by atoms with Crippen molar-refractivity contribution >= 4 is 44.7 Å². The Morgan fingerprint density at radius 3 is 2.62 bits per heavy atom. The molecule has 1 heterocycles. The second-order valence-corrected chi connectivity index (χ2v) is 8.48. The van der Waals surface area contributed by atoms with Crippen LogP contribution in [-0.4, -0.2) is 26.5 Å². The van der Waals surface area contributed by atoms with E-state index in [1.807, 2.05) is 17.5 Å². The van der Waals surface area contributed by atoms with Crippen molar-refractivity contribution in [3.05, 3.63) is 70.9 Å². The van der Waals surface area contributed by atoms with Crippen molar-refractivity contribution in [2.45, 2.75) is 4.90 Å². The number of anilines is 2. The number of phenols is 1. The van der Waals surface area contributed by atoms with Crippen LogP contribution in [0.3, 0.4) is 0 Å². The number of sulfonamides is 1. The van der Waals surface area contributed by atoms with E-state index in [9.17, 15) is 18.3 Å². The highest BCUT2D eigenvalue weighted by Crippen LogP contribution is 2.30. The summed E-state index contributed by atoms with van der Waals surface area (Å²) in [7, 11) is -2.54. The molecule has 2 aromatic carbocycles. The normalized spacial score (nSPS) is 11.3. The molecular weight excluding hydrogens is 412 g/mol. The summed E-state index contributed by atoms with van der Waals surface area (Å²) in [5.74, 6) is -0.387. The van der Waals surface area contributed by atoms with Crippen molar-refractivity contribution in [2.75, 3.05) is 17.1 Å². The lowest BCUT2D eigenvalue weighted by molar-refractivity contribution is -0.111. The molecule has 0 atom stereocenters. The topological polar surface area (TPSA) is 105 Å². The Labute approximate surface area is 172 Å². The maximum Gasteiger partial charge on any atom is 0.262 e. The number of carbonyl (C=O) groups is 1. The van der Waals surface area contributed by atoms with Crippen molar-refractivity contribution < 1.29 is 23.1 Å². The zero-order chi connectivity index (χ0) is 20.9. The minimum atomic E-state index is -3.98. The molecular formula is C20H18N2O5S2. The van der Waals surface area contributed by atoms with E-state index >= 15 is 0 Å². The first-order chi connectivity index (χ1) is 13.9. The largest absolute Gasteiger partial charge is 0.506 e. The number of methoxy groups -OCH3 is 1. The van der Waals surface area contributed by atoms with Gasteiger partial charge in [-0.2, -0.15) is 0 Å². The summed E-state index contributed by atoms with van der Waals surface area (Å²) in [6, 6.07) is 13.9. The van der Waals surface area contributed by atoms with Crippen LogP contribution < -0.4 is 14.8 Å².